The Hall–Kier alpha value is -2.72. The lowest BCUT2D eigenvalue weighted by Gasteiger charge is -2.47. The Morgan fingerprint density at radius 3 is 2.66 bits per heavy atom. The van der Waals surface area contributed by atoms with E-state index in [4.69, 9.17) is 11.6 Å². The van der Waals surface area contributed by atoms with Gasteiger partial charge in [-0.15, -0.1) is 4.80 Å². The summed E-state index contributed by atoms with van der Waals surface area (Å²) in [5.41, 5.74) is 1.81. The summed E-state index contributed by atoms with van der Waals surface area (Å²) in [6.07, 6.45) is 7.99. The molecule has 4 heterocycles. The minimum Gasteiger partial charge on any atom is -0.365 e. The summed E-state index contributed by atoms with van der Waals surface area (Å²) in [6.45, 7) is 4.64. The van der Waals surface area contributed by atoms with Gasteiger partial charge in [-0.25, -0.2) is 9.78 Å². The average molecular weight is 478 g/mol. The van der Waals surface area contributed by atoms with Gasteiger partial charge in [-0.2, -0.15) is 10.2 Å². The smallest absolute Gasteiger partial charge is 0.326 e. The Labute approximate surface area is 180 Å². The van der Waals surface area contributed by atoms with E-state index in [1.54, 1.807) is 23.4 Å². The molecule has 0 fully saturated rings. The largest absolute Gasteiger partial charge is 0.365 e. The summed E-state index contributed by atoms with van der Waals surface area (Å²) in [5.74, 6) is 0.383. The Kier molecular flexibility index (Phi) is 4.91. The van der Waals surface area contributed by atoms with Crippen LogP contribution in [0.5, 0.6) is 0 Å². The van der Waals surface area contributed by atoms with Gasteiger partial charge < -0.3 is 10.2 Å². The third-order valence-electron chi connectivity index (χ3n) is 4.86. The van der Waals surface area contributed by atoms with Gasteiger partial charge >= 0.3 is 6.03 Å². The number of anilines is 3. The lowest BCUT2D eigenvalue weighted by molar-refractivity contribution is 0.254. The molecule has 0 aromatic carbocycles. The minimum atomic E-state index is -0.296. The molecule has 3 aromatic rings. The molecule has 29 heavy (non-hydrogen) atoms. The fourth-order valence-corrected chi connectivity index (χ4v) is 4.00. The standard InChI is InChI=1S/C18H18BrClN8O/c1-18(2)10-27(14-9-21-8-12(19)15(14)26(18)3)17(29)25-11-6-13(20)16(22-7-11)28-23-4-5-24-28/h4-9H,10H2,1-3H3,(H,25,29). The quantitative estimate of drug-likeness (QED) is 0.604. The monoisotopic (exact) mass is 476 g/mol. The molecule has 1 aliphatic heterocycles. The lowest BCUT2D eigenvalue weighted by Crippen LogP contribution is -2.57. The van der Waals surface area contributed by atoms with Crippen LogP contribution in [0.15, 0.2) is 41.5 Å². The first kappa shape index (κ1) is 19.6. The number of hydrogen-bond donors (Lipinski definition) is 1. The average Bonchev–Trinajstić information content (AvgIpc) is 3.19. The summed E-state index contributed by atoms with van der Waals surface area (Å²) < 4.78 is 0.823. The molecular weight excluding hydrogens is 460 g/mol. The first-order chi connectivity index (χ1) is 13.8. The highest BCUT2D eigenvalue weighted by atomic mass is 79.9. The van der Waals surface area contributed by atoms with Crippen LogP contribution < -0.4 is 15.1 Å². The molecule has 4 rings (SSSR count). The summed E-state index contributed by atoms with van der Waals surface area (Å²) in [6, 6.07) is 1.32. The van der Waals surface area contributed by atoms with Crippen molar-refractivity contribution < 1.29 is 4.79 Å². The van der Waals surface area contributed by atoms with Gasteiger partial charge in [-0.3, -0.25) is 9.88 Å². The highest BCUT2D eigenvalue weighted by Gasteiger charge is 2.38. The van der Waals surface area contributed by atoms with Crippen LogP contribution in [0, 0.1) is 0 Å². The molecule has 1 N–H and O–H groups in total. The van der Waals surface area contributed by atoms with E-state index in [0.29, 0.717) is 23.1 Å². The van der Waals surface area contributed by atoms with Gasteiger partial charge in [0.1, 0.15) is 0 Å². The maximum Gasteiger partial charge on any atom is 0.326 e. The van der Waals surface area contributed by atoms with E-state index in [0.717, 1.165) is 15.8 Å². The van der Waals surface area contributed by atoms with E-state index in [1.165, 1.54) is 23.4 Å². The maximum atomic E-state index is 13.1. The van der Waals surface area contributed by atoms with Crippen LogP contribution in [0.1, 0.15) is 13.8 Å². The van der Waals surface area contributed by atoms with E-state index in [1.807, 2.05) is 7.05 Å². The van der Waals surface area contributed by atoms with Crippen molar-refractivity contribution in [2.24, 2.45) is 0 Å². The molecule has 0 saturated carbocycles. The minimum absolute atomic E-state index is 0.278. The summed E-state index contributed by atoms with van der Waals surface area (Å²) in [5, 5.41) is 11.2. The molecule has 1 aliphatic rings. The van der Waals surface area contributed by atoms with Crippen LogP contribution in [0.4, 0.5) is 21.9 Å². The van der Waals surface area contributed by atoms with Crippen LogP contribution in [0.3, 0.4) is 0 Å². The molecule has 2 amide bonds. The fourth-order valence-electron chi connectivity index (χ4n) is 3.17. The molecule has 0 aliphatic carbocycles. The maximum absolute atomic E-state index is 13.1. The normalized spacial score (nSPS) is 15.2. The topological polar surface area (TPSA) is 92.1 Å². The number of nitrogens with zero attached hydrogens (tertiary/aromatic N) is 7. The van der Waals surface area contributed by atoms with Crippen molar-refractivity contribution in [2.75, 3.05) is 28.7 Å². The van der Waals surface area contributed by atoms with Crippen molar-refractivity contribution >= 4 is 50.6 Å². The molecule has 9 nitrogen and oxygen atoms in total. The second kappa shape index (κ2) is 7.27. The van der Waals surface area contributed by atoms with E-state index >= 15 is 0 Å². The molecule has 0 spiro atoms. The van der Waals surface area contributed by atoms with E-state index in [2.05, 4.69) is 60.2 Å². The Morgan fingerprint density at radius 1 is 1.24 bits per heavy atom. The summed E-state index contributed by atoms with van der Waals surface area (Å²) in [7, 11) is 2.00. The SMILES string of the molecule is CN1c2c(Br)cncc2N(C(=O)Nc2cnc(-n3nccn3)c(Cl)c2)CC1(C)C. The van der Waals surface area contributed by atoms with Gasteiger partial charge in [0, 0.05) is 13.2 Å². The van der Waals surface area contributed by atoms with Gasteiger partial charge in [0.05, 0.1) is 63.4 Å². The van der Waals surface area contributed by atoms with E-state index in [-0.39, 0.29) is 11.6 Å². The molecule has 3 aromatic heterocycles. The van der Waals surface area contributed by atoms with Crippen LogP contribution >= 0.6 is 27.5 Å². The van der Waals surface area contributed by atoms with Gasteiger partial charge in [0.15, 0.2) is 5.82 Å². The fraction of sp³-hybridized carbons (Fsp3) is 0.278. The second-order valence-electron chi connectivity index (χ2n) is 7.22. The van der Waals surface area contributed by atoms with Crippen molar-refractivity contribution in [3.8, 4) is 5.82 Å². The Balaban J connectivity index is 1.63. The zero-order chi connectivity index (χ0) is 20.8. The number of nitrogens with one attached hydrogen (secondary N) is 1. The van der Waals surface area contributed by atoms with Crippen molar-refractivity contribution in [1.29, 1.82) is 0 Å². The van der Waals surface area contributed by atoms with Crippen LogP contribution in [0.2, 0.25) is 5.02 Å². The highest BCUT2D eigenvalue weighted by molar-refractivity contribution is 9.10. The summed E-state index contributed by atoms with van der Waals surface area (Å²) >= 11 is 9.85. The highest BCUT2D eigenvalue weighted by Crippen LogP contribution is 2.42. The third kappa shape index (κ3) is 3.53. The van der Waals surface area contributed by atoms with E-state index < -0.39 is 0 Å². The Morgan fingerprint density at radius 2 is 1.97 bits per heavy atom. The molecule has 0 atom stereocenters. The number of pyridine rings is 2. The number of fused-ring (bicyclic) bond motifs is 1. The van der Waals surface area contributed by atoms with Crippen LogP contribution in [-0.4, -0.2) is 50.1 Å². The number of halogens is 2. The van der Waals surface area contributed by atoms with Crippen molar-refractivity contribution in [3.63, 3.8) is 0 Å². The molecule has 0 bridgehead atoms. The second-order valence-corrected chi connectivity index (χ2v) is 8.49. The molecule has 0 saturated heterocycles. The third-order valence-corrected chi connectivity index (χ3v) is 5.72. The molecule has 0 radical (unpaired) electrons. The molecular formula is C18H18BrClN8O. The van der Waals surface area contributed by atoms with Gasteiger partial charge in [-0.05, 0) is 35.8 Å². The predicted molar refractivity (Wildman–Crippen MR) is 115 cm³/mol. The van der Waals surface area contributed by atoms with Crippen LogP contribution in [-0.2, 0) is 0 Å². The predicted octanol–water partition coefficient (Wildman–Crippen LogP) is 3.74. The number of amides is 2. The number of aromatic nitrogens is 5. The molecule has 11 heteroatoms. The van der Waals surface area contributed by atoms with Gasteiger partial charge in [0.2, 0.25) is 0 Å². The van der Waals surface area contributed by atoms with Crippen LogP contribution in [0.25, 0.3) is 5.82 Å². The van der Waals surface area contributed by atoms with Gasteiger partial charge in [-0.1, -0.05) is 11.6 Å². The number of carbonyl (C=O) groups is 1. The number of carbonyl (C=O) groups excluding carboxylic acids is 1. The van der Waals surface area contributed by atoms with Crippen molar-refractivity contribution in [1.82, 2.24) is 25.0 Å². The Bertz CT molecular complexity index is 1070. The first-order valence-corrected chi connectivity index (χ1v) is 9.93. The van der Waals surface area contributed by atoms with E-state index in [9.17, 15) is 4.79 Å². The lowest BCUT2D eigenvalue weighted by atomic mass is 9.98. The molecule has 0 unspecified atom stereocenters. The number of urea groups is 1. The number of likely N-dealkylation sites (N-methyl/N-ethyl adjacent to an activating group) is 1. The van der Waals surface area contributed by atoms with Crippen molar-refractivity contribution in [2.45, 2.75) is 19.4 Å². The molecule has 150 valence electrons. The number of hydrogen-bond acceptors (Lipinski definition) is 6. The zero-order valence-electron chi connectivity index (χ0n) is 16.0. The zero-order valence-corrected chi connectivity index (χ0v) is 18.3. The first-order valence-electron chi connectivity index (χ1n) is 8.76. The van der Waals surface area contributed by atoms with Gasteiger partial charge in [0.25, 0.3) is 0 Å². The van der Waals surface area contributed by atoms with Crippen molar-refractivity contribution in [3.05, 3.63) is 46.5 Å². The summed E-state index contributed by atoms with van der Waals surface area (Å²) in [4.78, 5) is 26.7. The number of rotatable bonds is 2.